The van der Waals surface area contributed by atoms with E-state index in [2.05, 4.69) is 6.07 Å². The molecule has 0 bridgehead atoms. The third-order valence-corrected chi connectivity index (χ3v) is 3.57. The Morgan fingerprint density at radius 1 is 1.45 bits per heavy atom. The van der Waals surface area contributed by atoms with Crippen LogP contribution in [-0.2, 0) is 11.3 Å². The zero-order valence-electron chi connectivity index (χ0n) is 12.8. The minimum atomic E-state index is -0.456. The van der Waals surface area contributed by atoms with Crippen LogP contribution in [0.2, 0.25) is 0 Å². The molecule has 0 aliphatic carbocycles. The van der Waals surface area contributed by atoms with Gasteiger partial charge in [0, 0.05) is 26.1 Å². The predicted octanol–water partition coefficient (Wildman–Crippen LogP) is 1.99. The van der Waals surface area contributed by atoms with Gasteiger partial charge in [-0.05, 0) is 26.0 Å². The molecule has 6 nitrogen and oxygen atoms in total. The van der Waals surface area contributed by atoms with Crippen molar-refractivity contribution in [3.63, 3.8) is 0 Å². The smallest absolute Gasteiger partial charge is 0.408 e. The van der Waals surface area contributed by atoms with Crippen LogP contribution in [0.25, 0.3) is 11.1 Å². The summed E-state index contributed by atoms with van der Waals surface area (Å²) in [5, 5.41) is 8.85. The molecule has 1 heterocycles. The van der Waals surface area contributed by atoms with Crippen molar-refractivity contribution in [2.45, 2.75) is 26.8 Å². The lowest BCUT2D eigenvalue weighted by Crippen LogP contribution is -2.35. The zero-order chi connectivity index (χ0) is 16.1. The first-order valence-corrected chi connectivity index (χ1v) is 7.32. The maximum atomic E-state index is 12.2. The topological polar surface area (TPSA) is 79.2 Å². The summed E-state index contributed by atoms with van der Waals surface area (Å²) in [4.78, 5) is 25.7. The Labute approximate surface area is 128 Å². The molecular weight excluding hydrogens is 282 g/mol. The number of carbonyl (C=O) groups is 1. The standard InChI is InChI=1S/C16H19N3O3/c1-3-18(11-12(2)10-17)15(20)8-9-19-13-6-4-5-7-14(13)22-16(19)21/h4-7,12H,3,8-9,11H2,1-2H3/t12-/m1/s1. The van der Waals surface area contributed by atoms with Crippen LogP contribution < -0.4 is 5.76 Å². The predicted molar refractivity (Wildman–Crippen MR) is 82.1 cm³/mol. The number of oxazole rings is 1. The summed E-state index contributed by atoms with van der Waals surface area (Å²) < 4.78 is 6.61. The Morgan fingerprint density at radius 3 is 2.86 bits per heavy atom. The second-order valence-corrected chi connectivity index (χ2v) is 5.20. The molecule has 1 atom stereocenters. The van der Waals surface area contributed by atoms with E-state index in [1.807, 2.05) is 13.0 Å². The van der Waals surface area contributed by atoms with Crippen LogP contribution in [0.5, 0.6) is 0 Å². The van der Waals surface area contributed by atoms with E-state index >= 15 is 0 Å². The first-order valence-electron chi connectivity index (χ1n) is 7.32. The SMILES string of the molecule is CCN(C[C@H](C)C#N)C(=O)CCn1c(=O)oc2ccccc21. The number of benzene rings is 1. The summed E-state index contributed by atoms with van der Waals surface area (Å²) in [5.74, 6) is -0.731. The van der Waals surface area contributed by atoms with Gasteiger partial charge in [0.25, 0.3) is 0 Å². The van der Waals surface area contributed by atoms with Gasteiger partial charge in [-0.25, -0.2) is 4.79 Å². The van der Waals surface area contributed by atoms with Crippen LogP contribution in [0.4, 0.5) is 0 Å². The highest BCUT2D eigenvalue weighted by Gasteiger charge is 2.16. The van der Waals surface area contributed by atoms with E-state index in [1.165, 1.54) is 4.57 Å². The van der Waals surface area contributed by atoms with Crippen LogP contribution in [0.15, 0.2) is 33.5 Å². The van der Waals surface area contributed by atoms with E-state index in [9.17, 15) is 9.59 Å². The molecule has 116 valence electrons. The molecule has 0 saturated carbocycles. The number of amides is 1. The molecule has 0 unspecified atom stereocenters. The first-order chi connectivity index (χ1) is 10.6. The molecule has 0 saturated heterocycles. The Kier molecular flexibility index (Phi) is 4.99. The Hall–Kier alpha value is -2.55. The number of carbonyl (C=O) groups excluding carboxylic acids is 1. The van der Waals surface area contributed by atoms with Gasteiger partial charge in [-0.3, -0.25) is 9.36 Å². The normalized spacial score (nSPS) is 12.0. The number of nitrogens with zero attached hydrogens (tertiary/aromatic N) is 3. The number of para-hydroxylation sites is 2. The fourth-order valence-corrected chi connectivity index (χ4v) is 2.37. The number of hydrogen-bond donors (Lipinski definition) is 0. The molecule has 2 aromatic rings. The monoisotopic (exact) mass is 301 g/mol. The van der Waals surface area contributed by atoms with Crippen molar-refractivity contribution < 1.29 is 9.21 Å². The molecule has 6 heteroatoms. The Balaban J connectivity index is 2.08. The van der Waals surface area contributed by atoms with Gasteiger partial charge in [0.1, 0.15) is 0 Å². The number of fused-ring (bicyclic) bond motifs is 1. The van der Waals surface area contributed by atoms with Crippen LogP contribution in [-0.4, -0.2) is 28.5 Å². The summed E-state index contributed by atoms with van der Waals surface area (Å²) in [7, 11) is 0. The number of nitriles is 1. The summed E-state index contributed by atoms with van der Waals surface area (Å²) in [6, 6.07) is 9.26. The molecule has 0 fully saturated rings. The molecule has 0 radical (unpaired) electrons. The Morgan fingerprint density at radius 2 is 2.18 bits per heavy atom. The van der Waals surface area contributed by atoms with Crippen LogP contribution in [0.3, 0.4) is 0 Å². The minimum Gasteiger partial charge on any atom is -0.408 e. The fourth-order valence-electron chi connectivity index (χ4n) is 2.37. The van der Waals surface area contributed by atoms with Crippen molar-refractivity contribution in [1.82, 2.24) is 9.47 Å². The quantitative estimate of drug-likeness (QED) is 0.817. The van der Waals surface area contributed by atoms with Gasteiger partial charge in [-0.2, -0.15) is 5.26 Å². The molecular formula is C16H19N3O3. The maximum absolute atomic E-state index is 12.2. The van der Waals surface area contributed by atoms with Gasteiger partial charge < -0.3 is 9.32 Å². The van der Waals surface area contributed by atoms with Crippen LogP contribution in [0, 0.1) is 17.2 Å². The van der Waals surface area contributed by atoms with Crippen LogP contribution >= 0.6 is 0 Å². The van der Waals surface area contributed by atoms with E-state index in [0.29, 0.717) is 24.2 Å². The first kappa shape index (κ1) is 15.8. The average molecular weight is 301 g/mol. The van der Waals surface area contributed by atoms with Gasteiger partial charge in [0.15, 0.2) is 5.58 Å². The van der Waals surface area contributed by atoms with E-state index in [0.717, 1.165) is 0 Å². The van der Waals surface area contributed by atoms with Gasteiger partial charge in [0.2, 0.25) is 5.91 Å². The lowest BCUT2D eigenvalue weighted by atomic mass is 10.2. The largest absolute Gasteiger partial charge is 0.419 e. The van der Waals surface area contributed by atoms with Crippen molar-refractivity contribution in [2.24, 2.45) is 5.92 Å². The Bertz CT molecular complexity index is 754. The maximum Gasteiger partial charge on any atom is 0.419 e. The number of hydrogen-bond acceptors (Lipinski definition) is 4. The lowest BCUT2D eigenvalue weighted by molar-refractivity contribution is -0.131. The summed E-state index contributed by atoms with van der Waals surface area (Å²) in [5.41, 5.74) is 1.21. The summed E-state index contributed by atoms with van der Waals surface area (Å²) in [6.07, 6.45) is 0.204. The minimum absolute atomic E-state index is 0.0678. The second kappa shape index (κ2) is 6.94. The van der Waals surface area contributed by atoms with Gasteiger partial charge in [-0.15, -0.1) is 0 Å². The number of aromatic nitrogens is 1. The molecule has 1 aromatic heterocycles. The fraction of sp³-hybridized carbons (Fsp3) is 0.438. The molecule has 0 aliphatic rings. The average Bonchev–Trinajstić information content (AvgIpc) is 2.85. The highest BCUT2D eigenvalue weighted by atomic mass is 16.4. The van der Waals surface area contributed by atoms with Crippen molar-refractivity contribution >= 4 is 17.0 Å². The van der Waals surface area contributed by atoms with Gasteiger partial charge in [-0.1, -0.05) is 12.1 Å². The summed E-state index contributed by atoms with van der Waals surface area (Å²) >= 11 is 0. The van der Waals surface area contributed by atoms with Gasteiger partial charge in [0.05, 0.1) is 17.5 Å². The van der Waals surface area contributed by atoms with Crippen molar-refractivity contribution in [3.8, 4) is 6.07 Å². The van der Waals surface area contributed by atoms with Crippen molar-refractivity contribution in [3.05, 3.63) is 34.8 Å². The third kappa shape index (κ3) is 3.37. The molecule has 0 spiro atoms. The second-order valence-electron chi connectivity index (χ2n) is 5.20. The van der Waals surface area contributed by atoms with E-state index in [1.54, 1.807) is 30.0 Å². The van der Waals surface area contributed by atoms with Gasteiger partial charge >= 0.3 is 5.76 Å². The molecule has 22 heavy (non-hydrogen) atoms. The number of rotatable bonds is 6. The van der Waals surface area contributed by atoms with E-state index in [-0.39, 0.29) is 24.8 Å². The highest BCUT2D eigenvalue weighted by molar-refractivity contribution is 5.77. The molecule has 2 rings (SSSR count). The number of aryl methyl sites for hydroxylation is 1. The molecule has 0 aliphatic heterocycles. The zero-order valence-corrected chi connectivity index (χ0v) is 12.8. The highest BCUT2D eigenvalue weighted by Crippen LogP contribution is 2.12. The van der Waals surface area contributed by atoms with Crippen molar-refractivity contribution in [2.75, 3.05) is 13.1 Å². The third-order valence-electron chi connectivity index (χ3n) is 3.57. The molecule has 1 aromatic carbocycles. The van der Waals surface area contributed by atoms with Crippen LogP contribution in [0.1, 0.15) is 20.3 Å². The molecule has 0 N–H and O–H groups in total. The molecule has 1 amide bonds. The van der Waals surface area contributed by atoms with Crippen molar-refractivity contribution in [1.29, 1.82) is 5.26 Å². The lowest BCUT2D eigenvalue weighted by Gasteiger charge is -2.21. The van der Waals surface area contributed by atoms with E-state index < -0.39 is 5.76 Å². The summed E-state index contributed by atoms with van der Waals surface area (Å²) in [6.45, 7) is 4.89. The van der Waals surface area contributed by atoms with E-state index in [4.69, 9.17) is 9.68 Å².